The molecule has 1 N–H and O–H groups in total. The van der Waals surface area contributed by atoms with Gasteiger partial charge in [0.1, 0.15) is 6.54 Å². The summed E-state index contributed by atoms with van der Waals surface area (Å²) in [6, 6.07) is 5.98. The van der Waals surface area contributed by atoms with E-state index in [1.165, 1.54) is 12.1 Å². The van der Waals surface area contributed by atoms with Crippen molar-refractivity contribution in [3.63, 3.8) is 0 Å². The number of nitrogens with zero attached hydrogens (tertiary/aromatic N) is 3. The van der Waals surface area contributed by atoms with Crippen LogP contribution in [0.15, 0.2) is 30.5 Å². The van der Waals surface area contributed by atoms with Gasteiger partial charge in [0.2, 0.25) is 5.91 Å². The highest BCUT2D eigenvalue weighted by molar-refractivity contribution is 5.85. The number of benzene rings is 1. The van der Waals surface area contributed by atoms with Gasteiger partial charge in [-0.15, -0.1) is 0 Å². The lowest BCUT2D eigenvalue weighted by atomic mass is 10.1. The van der Waals surface area contributed by atoms with E-state index in [0.29, 0.717) is 18.4 Å². The number of hydrogen-bond acceptors (Lipinski definition) is 4. The number of hydrogen-bond donors (Lipinski definition) is 1. The molecule has 8 heteroatoms. The number of carbonyl (C=O) groups is 2. The maximum absolute atomic E-state index is 12.5. The molecule has 0 aliphatic carbocycles. The summed E-state index contributed by atoms with van der Waals surface area (Å²) in [6.07, 6.45) is 3.19. The van der Waals surface area contributed by atoms with Gasteiger partial charge in [-0.3, -0.25) is 19.7 Å². The van der Waals surface area contributed by atoms with Crippen molar-refractivity contribution in [1.82, 2.24) is 9.47 Å². The molecular formula is C16H17N3O5. The van der Waals surface area contributed by atoms with Crippen LogP contribution in [0.5, 0.6) is 0 Å². The molecule has 2 heterocycles. The molecule has 8 nitrogen and oxygen atoms in total. The second-order valence-electron chi connectivity index (χ2n) is 5.92. The number of rotatable bonds is 5. The van der Waals surface area contributed by atoms with Crippen molar-refractivity contribution >= 4 is 28.5 Å². The molecule has 1 aliphatic rings. The minimum atomic E-state index is -0.904. The molecule has 0 spiro atoms. The van der Waals surface area contributed by atoms with Crippen LogP contribution in [0, 0.1) is 10.1 Å². The van der Waals surface area contributed by atoms with Gasteiger partial charge in [-0.05, 0) is 25.0 Å². The van der Waals surface area contributed by atoms with Gasteiger partial charge in [0.15, 0.2) is 0 Å². The van der Waals surface area contributed by atoms with Gasteiger partial charge in [0, 0.05) is 41.8 Å². The smallest absolute Gasteiger partial charge is 0.305 e. The van der Waals surface area contributed by atoms with Crippen LogP contribution in [0.4, 0.5) is 5.69 Å². The van der Waals surface area contributed by atoms with Gasteiger partial charge < -0.3 is 14.6 Å². The first-order chi connectivity index (χ1) is 11.5. The zero-order chi connectivity index (χ0) is 17.3. The van der Waals surface area contributed by atoms with Gasteiger partial charge in [-0.1, -0.05) is 0 Å². The van der Waals surface area contributed by atoms with Crippen LogP contribution in [0.25, 0.3) is 10.9 Å². The summed E-state index contributed by atoms with van der Waals surface area (Å²) in [4.78, 5) is 35.4. The second kappa shape index (κ2) is 6.31. The van der Waals surface area contributed by atoms with Crippen molar-refractivity contribution < 1.29 is 19.6 Å². The van der Waals surface area contributed by atoms with Crippen LogP contribution >= 0.6 is 0 Å². The lowest BCUT2D eigenvalue weighted by molar-refractivity contribution is -0.384. The Morgan fingerprint density at radius 2 is 2.12 bits per heavy atom. The minimum absolute atomic E-state index is 0.00708. The number of carbonyl (C=O) groups excluding carboxylic acids is 1. The Balaban J connectivity index is 1.78. The van der Waals surface area contributed by atoms with E-state index in [9.17, 15) is 19.7 Å². The van der Waals surface area contributed by atoms with E-state index in [4.69, 9.17) is 5.11 Å². The summed E-state index contributed by atoms with van der Waals surface area (Å²) in [5.74, 6) is -1.03. The molecule has 1 aromatic carbocycles. The monoisotopic (exact) mass is 331 g/mol. The zero-order valence-corrected chi connectivity index (χ0v) is 12.9. The Morgan fingerprint density at radius 3 is 2.83 bits per heavy atom. The Morgan fingerprint density at radius 1 is 1.33 bits per heavy atom. The normalized spacial score (nSPS) is 17.3. The van der Waals surface area contributed by atoms with Crippen molar-refractivity contribution in [3.05, 3.63) is 40.6 Å². The van der Waals surface area contributed by atoms with E-state index in [1.54, 1.807) is 27.8 Å². The summed E-state index contributed by atoms with van der Waals surface area (Å²) >= 11 is 0. The van der Waals surface area contributed by atoms with Crippen LogP contribution in [0.2, 0.25) is 0 Å². The molecule has 1 amide bonds. The van der Waals surface area contributed by atoms with Crippen molar-refractivity contribution in [2.75, 3.05) is 6.54 Å². The molecule has 2 aromatic rings. The Bertz CT molecular complexity index is 813. The number of carboxylic acid groups (broad SMARTS) is 1. The van der Waals surface area contributed by atoms with Gasteiger partial charge in [0.05, 0.1) is 11.3 Å². The molecule has 0 saturated carbocycles. The van der Waals surface area contributed by atoms with Crippen LogP contribution in [-0.4, -0.2) is 44.0 Å². The predicted molar refractivity (Wildman–Crippen MR) is 85.6 cm³/mol. The molecule has 3 rings (SSSR count). The first kappa shape index (κ1) is 16.0. The fourth-order valence-corrected chi connectivity index (χ4v) is 3.25. The summed E-state index contributed by atoms with van der Waals surface area (Å²) in [5, 5.41) is 20.5. The van der Waals surface area contributed by atoms with Crippen LogP contribution in [-0.2, 0) is 16.1 Å². The minimum Gasteiger partial charge on any atom is -0.481 e. The molecule has 1 aromatic heterocycles. The van der Waals surface area contributed by atoms with Crippen molar-refractivity contribution in [2.24, 2.45) is 0 Å². The molecule has 126 valence electrons. The number of aliphatic carboxylic acids is 1. The number of non-ortho nitro benzene ring substituents is 1. The highest BCUT2D eigenvalue weighted by Crippen LogP contribution is 2.24. The lowest BCUT2D eigenvalue weighted by Crippen LogP contribution is -2.38. The Hall–Kier alpha value is -2.90. The van der Waals surface area contributed by atoms with Crippen LogP contribution in [0.1, 0.15) is 19.3 Å². The first-order valence-electron chi connectivity index (χ1n) is 7.70. The molecule has 1 atom stereocenters. The third kappa shape index (κ3) is 3.08. The fraction of sp³-hybridized carbons (Fsp3) is 0.375. The highest BCUT2D eigenvalue weighted by atomic mass is 16.6. The van der Waals surface area contributed by atoms with Crippen LogP contribution in [0.3, 0.4) is 0 Å². The van der Waals surface area contributed by atoms with E-state index < -0.39 is 10.9 Å². The van der Waals surface area contributed by atoms with Gasteiger partial charge in [0.25, 0.3) is 5.69 Å². The van der Waals surface area contributed by atoms with Gasteiger partial charge in [-0.2, -0.15) is 0 Å². The molecule has 1 fully saturated rings. The number of likely N-dealkylation sites (tertiary alicyclic amines) is 1. The number of carboxylic acids is 1. The predicted octanol–water partition coefficient (Wildman–Crippen LogP) is 2.02. The van der Waals surface area contributed by atoms with E-state index in [-0.39, 0.29) is 30.6 Å². The molecule has 0 bridgehead atoms. The van der Waals surface area contributed by atoms with E-state index in [1.807, 2.05) is 0 Å². The molecular weight excluding hydrogens is 314 g/mol. The van der Waals surface area contributed by atoms with Crippen molar-refractivity contribution in [2.45, 2.75) is 31.8 Å². The van der Waals surface area contributed by atoms with Gasteiger partial charge >= 0.3 is 5.97 Å². The third-order valence-electron chi connectivity index (χ3n) is 4.38. The third-order valence-corrected chi connectivity index (χ3v) is 4.38. The number of nitro groups is 1. The summed E-state index contributed by atoms with van der Waals surface area (Å²) in [6.45, 7) is 0.666. The lowest BCUT2D eigenvalue weighted by Gasteiger charge is -2.24. The Labute approximate surface area is 137 Å². The standard InChI is InChI=1S/C16H17N3O5/c20-15(18-6-1-2-12(18)9-16(21)22)10-17-7-5-11-8-13(19(23)24)3-4-14(11)17/h3-5,7-8,12H,1-2,6,9-10H2,(H,21,22). The average Bonchev–Trinajstić information content (AvgIpc) is 3.13. The fourth-order valence-electron chi connectivity index (χ4n) is 3.25. The van der Waals surface area contributed by atoms with Crippen molar-refractivity contribution in [1.29, 1.82) is 0 Å². The van der Waals surface area contributed by atoms with Gasteiger partial charge in [-0.25, -0.2) is 0 Å². The Kier molecular flexibility index (Phi) is 4.20. The quantitative estimate of drug-likeness (QED) is 0.666. The maximum atomic E-state index is 12.5. The number of amides is 1. The topological polar surface area (TPSA) is 106 Å². The molecule has 24 heavy (non-hydrogen) atoms. The second-order valence-corrected chi connectivity index (χ2v) is 5.92. The molecule has 1 aliphatic heterocycles. The van der Waals surface area contributed by atoms with E-state index >= 15 is 0 Å². The molecule has 1 saturated heterocycles. The number of aromatic nitrogens is 1. The average molecular weight is 331 g/mol. The van der Waals surface area contributed by atoms with E-state index in [2.05, 4.69) is 0 Å². The number of fused-ring (bicyclic) bond motifs is 1. The number of nitro benzene ring substituents is 1. The maximum Gasteiger partial charge on any atom is 0.305 e. The highest BCUT2D eigenvalue weighted by Gasteiger charge is 2.30. The SMILES string of the molecule is O=C(O)CC1CCCN1C(=O)Cn1ccc2cc([N+](=O)[O-])ccc21. The summed E-state index contributed by atoms with van der Waals surface area (Å²) < 4.78 is 1.73. The first-order valence-corrected chi connectivity index (χ1v) is 7.70. The zero-order valence-electron chi connectivity index (χ0n) is 12.9. The molecule has 1 unspecified atom stereocenters. The van der Waals surface area contributed by atoms with E-state index in [0.717, 1.165) is 11.9 Å². The largest absolute Gasteiger partial charge is 0.481 e. The summed E-state index contributed by atoms with van der Waals surface area (Å²) in [7, 11) is 0. The molecule has 0 radical (unpaired) electrons. The van der Waals surface area contributed by atoms with Crippen molar-refractivity contribution in [3.8, 4) is 0 Å². The van der Waals surface area contributed by atoms with Crippen LogP contribution < -0.4 is 0 Å². The summed E-state index contributed by atoms with van der Waals surface area (Å²) in [5.41, 5.74) is 0.746.